The lowest BCUT2D eigenvalue weighted by Crippen LogP contribution is -2.40. The highest BCUT2D eigenvalue weighted by Gasteiger charge is 2.19. The van der Waals surface area contributed by atoms with Gasteiger partial charge in [0.15, 0.2) is 0 Å². The van der Waals surface area contributed by atoms with Crippen LogP contribution in [0.2, 0.25) is 0 Å². The Bertz CT molecular complexity index is 319. The lowest BCUT2D eigenvalue weighted by Gasteiger charge is -2.15. The van der Waals surface area contributed by atoms with E-state index in [-0.39, 0.29) is 37.5 Å². The van der Waals surface area contributed by atoms with E-state index in [0.29, 0.717) is 13.0 Å². The number of rotatable bonds is 10. The minimum Gasteiger partial charge on any atom is -0.481 e. The lowest BCUT2D eigenvalue weighted by atomic mass is 10.1. The number of aliphatic carboxylic acids is 2. The van der Waals surface area contributed by atoms with Gasteiger partial charge in [-0.3, -0.25) is 9.59 Å². The van der Waals surface area contributed by atoms with Crippen LogP contribution in [-0.2, 0) is 14.4 Å². The van der Waals surface area contributed by atoms with Crippen molar-refractivity contribution in [2.24, 2.45) is 11.7 Å². The van der Waals surface area contributed by atoms with Gasteiger partial charge in [0.05, 0.1) is 0 Å². The molecule has 0 fully saturated rings. The molecule has 0 rings (SSSR count). The third kappa shape index (κ3) is 9.01. The number of carboxylic acid groups (broad SMARTS) is 2. The van der Waals surface area contributed by atoms with Crippen LogP contribution < -0.4 is 11.1 Å². The van der Waals surface area contributed by atoms with E-state index in [1.165, 1.54) is 0 Å². The largest absolute Gasteiger partial charge is 0.481 e. The van der Waals surface area contributed by atoms with Crippen LogP contribution in [0.4, 0.5) is 0 Å². The van der Waals surface area contributed by atoms with Gasteiger partial charge in [0.25, 0.3) is 0 Å². The molecule has 2 atom stereocenters. The van der Waals surface area contributed by atoms with Gasteiger partial charge in [-0.15, -0.1) is 0 Å². The maximum atomic E-state index is 11.5. The Morgan fingerprint density at radius 2 is 1.79 bits per heavy atom. The van der Waals surface area contributed by atoms with Gasteiger partial charge in [0.1, 0.15) is 6.04 Å². The average Bonchev–Trinajstić information content (AvgIpc) is 2.34. The van der Waals surface area contributed by atoms with Crippen molar-refractivity contribution in [1.82, 2.24) is 5.32 Å². The van der Waals surface area contributed by atoms with Gasteiger partial charge in [0.2, 0.25) is 5.91 Å². The van der Waals surface area contributed by atoms with Gasteiger partial charge in [0, 0.05) is 12.8 Å². The van der Waals surface area contributed by atoms with Crippen LogP contribution in [0.5, 0.6) is 0 Å². The first-order valence-corrected chi connectivity index (χ1v) is 6.30. The van der Waals surface area contributed by atoms with Crippen LogP contribution in [-0.4, -0.2) is 40.6 Å². The molecule has 0 aromatic heterocycles. The van der Waals surface area contributed by atoms with E-state index in [2.05, 4.69) is 5.32 Å². The number of nitrogens with one attached hydrogen (secondary N) is 1. The third-order valence-electron chi connectivity index (χ3n) is 2.78. The van der Waals surface area contributed by atoms with Crippen molar-refractivity contribution in [2.75, 3.05) is 6.54 Å². The van der Waals surface area contributed by atoms with E-state index in [4.69, 9.17) is 15.9 Å². The number of nitrogens with two attached hydrogens (primary N) is 1. The Morgan fingerprint density at radius 1 is 1.16 bits per heavy atom. The molecule has 0 aliphatic heterocycles. The zero-order valence-corrected chi connectivity index (χ0v) is 11.1. The van der Waals surface area contributed by atoms with Crippen molar-refractivity contribution < 1.29 is 24.6 Å². The molecule has 0 aromatic carbocycles. The highest BCUT2D eigenvalue weighted by molar-refractivity contribution is 5.83. The molecule has 5 N–H and O–H groups in total. The summed E-state index contributed by atoms with van der Waals surface area (Å²) in [5.74, 6) is -2.26. The van der Waals surface area contributed by atoms with Crippen molar-refractivity contribution in [3.8, 4) is 0 Å². The maximum Gasteiger partial charge on any atom is 0.326 e. The monoisotopic (exact) mass is 274 g/mol. The zero-order chi connectivity index (χ0) is 14.8. The van der Waals surface area contributed by atoms with E-state index in [1.807, 2.05) is 6.92 Å². The molecule has 7 heteroatoms. The fourth-order valence-corrected chi connectivity index (χ4v) is 1.48. The third-order valence-corrected chi connectivity index (χ3v) is 2.78. The van der Waals surface area contributed by atoms with Gasteiger partial charge in [-0.2, -0.15) is 0 Å². The van der Waals surface area contributed by atoms with Crippen molar-refractivity contribution in [3.63, 3.8) is 0 Å². The molecule has 0 saturated carbocycles. The number of carbonyl (C=O) groups is 3. The molecule has 0 aliphatic carbocycles. The van der Waals surface area contributed by atoms with Crippen molar-refractivity contribution in [1.29, 1.82) is 0 Å². The number of hydrogen-bond donors (Lipinski definition) is 4. The smallest absolute Gasteiger partial charge is 0.326 e. The summed E-state index contributed by atoms with van der Waals surface area (Å²) < 4.78 is 0. The number of carbonyl (C=O) groups excluding carboxylic acids is 1. The maximum absolute atomic E-state index is 11.5. The fraction of sp³-hybridized carbons (Fsp3) is 0.750. The molecular weight excluding hydrogens is 252 g/mol. The first-order valence-electron chi connectivity index (χ1n) is 6.30. The molecule has 0 radical (unpaired) electrons. The topological polar surface area (TPSA) is 130 Å². The first kappa shape index (κ1) is 17.4. The minimum absolute atomic E-state index is 0.107. The van der Waals surface area contributed by atoms with Crippen molar-refractivity contribution in [2.45, 2.75) is 45.1 Å². The quantitative estimate of drug-likeness (QED) is 0.450. The van der Waals surface area contributed by atoms with Crippen LogP contribution in [0.3, 0.4) is 0 Å². The molecule has 19 heavy (non-hydrogen) atoms. The van der Waals surface area contributed by atoms with E-state index in [9.17, 15) is 14.4 Å². The molecule has 0 bridgehead atoms. The average molecular weight is 274 g/mol. The summed E-state index contributed by atoms with van der Waals surface area (Å²) in [6.45, 7) is 2.39. The molecular formula is C12H22N2O5. The molecule has 0 aliphatic rings. The zero-order valence-electron chi connectivity index (χ0n) is 11.1. The highest BCUT2D eigenvalue weighted by Crippen LogP contribution is 2.05. The van der Waals surface area contributed by atoms with Gasteiger partial charge in [-0.05, 0) is 31.7 Å². The summed E-state index contributed by atoms with van der Waals surface area (Å²) in [5.41, 5.74) is 5.42. The normalized spacial score (nSPS) is 13.6. The number of carboxylic acids is 2. The van der Waals surface area contributed by atoms with Crippen LogP contribution in [0, 0.1) is 5.92 Å². The summed E-state index contributed by atoms with van der Waals surface area (Å²) >= 11 is 0. The number of amides is 1. The van der Waals surface area contributed by atoms with Crippen molar-refractivity contribution in [3.05, 3.63) is 0 Å². The fourth-order valence-electron chi connectivity index (χ4n) is 1.48. The molecule has 7 nitrogen and oxygen atoms in total. The van der Waals surface area contributed by atoms with E-state index in [0.717, 1.165) is 0 Å². The molecule has 1 amide bonds. The predicted octanol–water partition coefficient (Wildman–Crippen LogP) is 0.186. The Hall–Kier alpha value is -1.63. The SMILES string of the molecule is CC(CN)CCC(=O)N[C@H](CCCC(=O)O)C(=O)O. The molecule has 0 spiro atoms. The van der Waals surface area contributed by atoms with E-state index < -0.39 is 18.0 Å². The van der Waals surface area contributed by atoms with Gasteiger partial charge < -0.3 is 21.3 Å². The summed E-state index contributed by atoms with van der Waals surface area (Å²) in [4.78, 5) is 32.8. The van der Waals surface area contributed by atoms with Crippen LogP contribution >= 0.6 is 0 Å². The minimum atomic E-state index is -1.15. The summed E-state index contributed by atoms with van der Waals surface area (Å²) in [7, 11) is 0. The predicted molar refractivity (Wildman–Crippen MR) is 68.5 cm³/mol. The second-order valence-corrected chi connectivity index (χ2v) is 4.62. The second kappa shape index (κ2) is 9.32. The molecule has 0 heterocycles. The Morgan fingerprint density at radius 3 is 2.26 bits per heavy atom. The van der Waals surface area contributed by atoms with Crippen molar-refractivity contribution >= 4 is 17.8 Å². The lowest BCUT2D eigenvalue weighted by molar-refractivity contribution is -0.142. The number of hydrogen-bond acceptors (Lipinski definition) is 4. The van der Waals surface area contributed by atoms with Crippen LogP contribution in [0.1, 0.15) is 39.0 Å². The standard InChI is InChI=1S/C12H22N2O5/c1-8(7-13)5-6-10(15)14-9(12(18)19)3-2-4-11(16)17/h8-9H,2-7,13H2,1H3,(H,14,15)(H,16,17)(H,18,19)/t8?,9-/m1/s1. The van der Waals surface area contributed by atoms with Crippen LogP contribution in [0.25, 0.3) is 0 Å². The van der Waals surface area contributed by atoms with E-state index >= 15 is 0 Å². The van der Waals surface area contributed by atoms with Gasteiger partial charge in [-0.25, -0.2) is 4.79 Å². The van der Waals surface area contributed by atoms with Gasteiger partial charge >= 0.3 is 11.9 Å². The molecule has 1 unspecified atom stereocenters. The molecule has 110 valence electrons. The van der Waals surface area contributed by atoms with Crippen LogP contribution in [0.15, 0.2) is 0 Å². The second-order valence-electron chi connectivity index (χ2n) is 4.62. The molecule has 0 saturated heterocycles. The van der Waals surface area contributed by atoms with E-state index in [1.54, 1.807) is 0 Å². The summed E-state index contributed by atoms with van der Waals surface area (Å²) in [6, 6.07) is -1.03. The summed E-state index contributed by atoms with van der Waals surface area (Å²) in [6.07, 6.45) is 1.04. The Kier molecular flexibility index (Phi) is 8.52. The first-order chi connectivity index (χ1) is 8.86. The summed E-state index contributed by atoms with van der Waals surface area (Å²) in [5, 5.41) is 19.8. The highest BCUT2D eigenvalue weighted by atomic mass is 16.4. The Labute approximate surface area is 112 Å². The molecule has 0 aromatic rings. The van der Waals surface area contributed by atoms with Gasteiger partial charge in [-0.1, -0.05) is 6.92 Å². The Balaban J connectivity index is 4.08.